The van der Waals surface area contributed by atoms with E-state index in [-0.39, 0.29) is 17.3 Å². The molecule has 132 valence electrons. The molecular weight excluding hydrogens is 303 g/mol. The Hall–Kier alpha value is -1.27. The van der Waals surface area contributed by atoms with Gasteiger partial charge < -0.3 is 18.9 Å². The van der Waals surface area contributed by atoms with Crippen LogP contribution in [0.1, 0.15) is 54.4 Å². The molecule has 0 amide bonds. The van der Waals surface area contributed by atoms with E-state index in [1.807, 2.05) is 20.0 Å². The molecule has 2 aliphatic rings. The highest BCUT2D eigenvalue weighted by Gasteiger charge is 2.52. The van der Waals surface area contributed by atoms with Gasteiger partial charge in [-0.15, -0.1) is 0 Å². The zero-order chi connectivity index (χ0) is 17.5. The number of hydrogen-bond acceptors (Lipinski definition) is 5. The van der Waals surface area contributed by atoms with Crippen molar-refractivity contribution in [3.63, 3.8) is 0 Å². The van der Waals surface area contributed by atoms with E-state index in [2.05, 4.69) is 43.6 Å². The van der Waals surface area contributed by atoms with Crippen molar-refractivity contribution in [2.24, 2.45) is 0 Å². The summed E-state index contributed by atoms with van der Waals surface area (Å²) >= 11 is 0. The Bertz CT molecular complexity index is 582. The second kappa shape index (κ2) is 6.23. The van der Waals surface area contributed by atoms with Gasteiger partial charge in [0.25, 0.3) is 0 Å². The molecule has 0 radical (unpaired) electrons. The van der Waals surface area contributed by atoms with Crippen molar-refractivity contribution in [3.05, 3.63) is 12.3 Å². The molecule has 6 heteroatoms. The van der Waals surface area contributed by atoms with Gasteiger partial charge in [-0.2, -0.15) is 0 Å². The maximum absolute atomic E-state index is 6.17. The zero-order valence-electron chi connectivity index (χ0n) is 15.8. The molecule has 1 aromatic heterocycles. The van der Waals surface area contributed by atoms with Crippen LogP contribution in [0.25, 0.3) is 0 Å². The van der Waals surface area contributed by atoms with Crippen LogP contribution in [0.5, 0.6) is 5.88 Å². The predicted molar refractivity (Wildman–Crippen MR) is 97.2 cm³/mol. The average molecular weight is 332 g/mol. The molecule has 0 aliphatic carbocycles. The topological polar surface area (TPSA) is 43.8 Å². The highest BCUT2D eigenvalue weighted by Crippen LogP contribution is 2.37. The van der Waals surface area contributed by atoms with Crippen molar-refractivity contribution >= 4 is 18.3 Å². The van der Waals surface area contributed by atoms with Crippen molar-refractivity contribution in [1.29, 1.82) is 0 Å². The highest BCUT2D eigenvalue weighted by molar-refractivity contribution is 6.62. The Morgan fingerprint density at radius 3 is 2.25 bits per heavy atom. The second-order valence-corrected chi connectivity index (χ2v) is 8.04. The summed E-state index contributed by atoms with van der Waals surface area (Å²) in [5, 5.41) is 0. The van der Waals surface area contributed by atoms with E-state index in [0.717, 1.165) is 24.2 Å². The smallest absolute Gasteiger partial charge is 0.473 e. The van der Waals surface area contributed by atoms with Gasteiger partial charge in [0.2, 0.25) is 5.88 Å². The summed E-state index contributed by atoms with van der Waals surface area (Å²) < 4.78 is 18.3. The van der Waals surface area contributed by atoms with Crippen LogP contribution < -0.4 is 15.1 Å². The molecule has 0 unspecified atom stereocenters. The van der Waals surface area contributed by atoms with Gasteiger partial charge in [-0.1, -0.05) is 0 Å². The third kappa shape index (κ3) is 3.26. The summed E-state index contributed by atoms with van der Waals surface area (Å²) in [6.07, 6.45) is 4.34. The van der Waals surface area contributed by atoms with Crippen LogP contribution in [0.3, 0.4) is 0 Å². The normalized spacial score (nSPS) is 22.5. The van der Waals surface area contributed by atoms with Crippen LogP contribution in [-0.2, 0) is 9.31 Å². The molecule has 2 saturated heterocycles. The van der Waals surface area contributed by atoms with Gasteiger partial charge in [0.15, 0.2) is 0 Å². The number of hydrogen-bond donors (Lipinski definition) is 0. The van der Waals surface area contributed by atoms with E-state index in [1.54, 1.807) is 0 Å². The lowest BCUT2D eigenvalue weighted by atomic mass is 9.80. The molecule has 2 fully saturated rings. The van der Waals surface area contributed by atoms with E-state index >= 15 is 0 Å². The summed E-state index contributed by atoms with van der Waals surface area (Å²) in [6.45, 7) is 14.4. The molecule has 3 rings (SSSR count). The van der Waals surface area contributed by atoms with Gasteiger partial charge in [-0.05, 0) is 60.5 Å². The quantitative estimate of drug-likeness (QED) is 0.794. The van der Waals surface area contributed by atoms with Crippen LogP contribution >= 0.6 is 0 Å². The number of ether oxygens (including phenoxy) is 1. The van der Waals surface area contributed by atoms with E-state index < -0.39 is 7.12 Å². The molecule has 24 heavy (non-hydrogen) atoms. The Balaban J connectivity index is 1.91. The minimum absolute atomic E-state index is 0.0987. The molecule has 3 heterocycles. The number of aromatic nitrogens is 1. The second-order valence-electron chi connectivity index (χ2n) is 8.04. The Morgan fingerprint density at radius 1 is 1.12 bits per heavy atom. The summed E-state index contributed by atoms with van der Waals surface area (Å²) in [5.41, 5.74) is 1.30. The first-order valence-electron chi connectivity index (χ1n) is 8.97. The summed E-state index contributed by atoms with van der Waals surface area (Å²) in [4.78, 5) is 6.93. The summed E-state index contributed by atoms with van der Waals surface area (Å²) in [5.74, 6) is 0.701. The fourth-order valence-electron chi connectivity index (χ4n) is 3.06. The van der Waals surface area contributed by atoms with Crippen LogP contribution in [0.2, 0.25) is 0 Å². The minimum atomic E-state index is -0.392. The molecule has 0 atom stereocenters. The van der Waals surface area contributed by atoms with Crippen molar-refractivity contribution in [1.82, 2.24) is 4.98 Å². The van der Waals surface area contributed by atoms with E-state index in [4.69, 9.17) is 14.0 Å². The van der Waals surface area contributed by atoms with Crippen LogP contribution in [0.4, 0.5) is 5.69 Å². The van der Waals surface area contributed by atoms with E-state index in [9.17, 15) is 0 Å². The monoisotopic (exact) mass is 332 g/mol. The molecule has 0 saturated carbocycles. The molecule has 0 bridgehead atoms. The minimum Gasteiger partial charge on any atom is -0.473 e. The number of pyridine rings is 1. The first-order chi connectivity index (χ1) is 11.2. The summed E-state index contributed by atoms with van der Waals surface area (Å²) in [7, 11) is -0.392. The highest BCUT2D eigenvalue weighted by atomic mass is 16.7. The largest absolute Gasteiger partial charge is 0.496 e. The fraction of sp³-hybridized carbons (Fsp3) is 0.722. The van der Waals surface area contributed by atoms with Gasteiger partial charge in [0.05, 0.1) is 23.0 Å². The maximum Gasteiger partial charge on any atom is 0.496 e. The van der Waals surface area contributed by atoms with Crippen molar-refractivity contribution in [2.75, 3.05) is 18.0 Å². The van der Waals surface area contributed by atoms with Gasteiger partial charge in [0, 0.05) is 24.7 Å². The van der Waals surface area contributed by atoms with Crippen LogP contribution in [0.15, 0.2) is 12.3 Å². The lowest BCUT2D eigenvalue weighted by molar-refractivity contribution is 0.00578. The van der Waals surface area contributed by atoms with Crippen LogP contribution in [-0.4, -0.2) is 42.5 Å². The third-order valence-corrected chi connectivity index (χ3v) is 5.17. The number of anilines is 1. The van der Waals surface area contributed by atoms with Gasteiger partial charge in [-0.25, -0.2) is 4.98 Å². The summed E-state index contributed by atoms with van der Waals surface area (Å²) in [6, 6.07) is 2.12. The maximum atomic E-state index is 6.17. The van der Waals surface area contributed by atoms with E-state index in [0.29, 0.717) is 5.88 Å². The molecule has 0 N–H and O–H groups in total. The van der Waals surface area contributed by atoms with Crippen LogP contribution in [0, 0.1) is 0 Å². The number of nitrogens with zero attached hydrogens (tertiary/aromatic N) is 2. The van der Waals surface area contributed by atoms with Crippen molar-refractivity contribution in [2.45, 2.75) is 71.7 Å². The molecular formula is C18H29BN2O3. The van der Waals surface area contributed by atoms with Crippen molar-refractivity contribution in [3.8, 4) is 5.88 Å². The first kappa shape index (κ1) is 17.6. The Kier molecular flexibility index (Phi) is 4.56. The first-order valence-corrected chi connectivity index (χ1v) is 8.97. The Morgan fingerprint density at radius 2 is 1.71 bits per heavy atom. The molecule has 2 aliphatic heterocycles. The lowest BCUT2D eigenvalue weighted by Gasteiger charge is -2.32. The fourth-order valence-corrected chi connectivity index (χ4v) is 3.06. The molecule has 0 spiro atoms. The van der Waals surface area contributed by atoms with Gasteiger partial charge in [0.1, 0.15) is 0 Å². The molecule has 5 nitrogen and oxygen atoms in total. The zero-order valence-corrected chi connectivity index (χ0v) is 15.8. The standard InChI is InChI=1S/C18H29BN2O3/c1-13(2)22-16-15(21-9-7-8-10-21)11-14(12-20-16)19-23-17(3,4)18(5,6)24-19/h11-13H,7-10H2,1-6H3. The van der Waals surface area contributed by atoms with Crippen molar-refractivity contribution < 1.29 is 14.0 Å². The lowest BCUT2D eigenvalue weighted by Crippen LogP contribution is -2.41. The molecule has 0 aromatic carbocycles. The Labute approximate surface area is 145 Å². The average Bonchev–Trinajstić information content (AvgIpc) is 3.06. The van der Waals surface area contributed by atoms with E-state index in [1.165, 1.54) is 12.8 Å². The SMILES string of the molecule is CC(C)Oc1ncc(B2OC(C)(C)C(C)(C)O2)cc1N1CCCC1. The predicted octanol–water partition coefficient (Wildman–Crippen LogP) is 2.77. The van der Waals surface area contributed by atoms with Gasteiger partial charge in [-0.3, -0.25) is 0 Å². The number of rotatable bonds is 4. The molecule has 1 aromatic rings. The third-order valence-electron chi connectivity index (χ3n) is 5.17. The van der Waals surface area contributed by atoms with Gasteiger partial charge >= 0.3 is 7.12 Å².